The van der Waals surface area contributed by atoms with Crippen LogP contribution in [0.5, 0.6) is 0 Å². The zero-order valence-electron chi connectivity index (χ0n) is 18.3. The fourth-order valence-electron chi connectivity index (χ4n) is 3.90. The monoisotopic (exact) mass is 447 g/mol. The summed E-state index contributed by atoms with van der Waals surface area (Å²) in [7, 11) is 1.58. The van der Waals surface area contributed by atoms with Gasteiger partial charge in [0.1, 0.15) is 11.6 Å². The largest absolute Gasteiger partial charge is 0.356 e. The van der Waals surface area contributed by atoms with Crippen LogP contribution in [0.15, 0.2) is 60.7 Å². The standard InChI is InChI=1S/C26H23F2N3O2/c1-15-21(22-13-20(27)14-23(28)24(22)31-15)11-12-30-26(33)19-9-5-17(6-10-19)16-3-7-18(8-4-16)25(32)29-2/h3-10,13-14,31H,11-12H2,1-2H3,(H,29,32)(H,30,33). The number of nitrogens with one attached hydrogen (secondary N) is 3. The SMILES string of the molecule is CNC(=O)c1ccc(-c2ccc(C(=O)NCCc3c(C)[nH]c4c(F)cc(F)cc34)cc2)cc1. The molecule has 1 aromatic heterocycles. The van der Waals surface area contributed by atoms with Gasteiger partial charge < -0.3 is 15.6 Å². The summed E-state index contributed by atoms with van der Waals surface area (Å²) in [5.74, 6) is -1.64. The van der Waals surface area contributed by atoms with Crippen LogP contribution in [-0.2, 0) is 6.42 Å². The maximum Gasteiger partial charge on any atom is 0.251 e. The Morgan fingerprint density at radius 1 is 0.879 bits per heavy atom. The fourth-order valence-corrected chi connectivity index (χ4v) is 3.90. The van der Waals surface area contributed by atoms with Crippen molar-refractivity contribution in [1.29, 1.82) is 0 Å². The molecule has 0 fully saturated rings. The van der Waals surface area contributed by atoms with Crippen molar-refractivity contribution in [1.82, 2.24) is 15.6 Å². The normalized spacial score (nSPS) is 10.9. The second kappa shape index (κ2) is 9.24. The van der Waals surface area contributed by atoms with E-state index in [-0.39, 0.29) is 17.3 Å². The van der Waals surface area contributed by atoms with Gasteiger partial charge in [-0.2, -0.15) is 0 Å². The summed E-state index contributed by atoms with van der Waals surface area (Å²) in [6.07, 6.45) is 0.441. The number of halogens is 2. The molecule has 4 rings (SSSR count). The van der Waals surface area contributed by atoms with Crippen LogP contribution < -0.4 is 10.6 Å². The number of aromatic amines is 1. The number of aryl methyl sites for hydroxylation is 1. The molecule has 0 aliphatic heterocycles. The van der Waals surface area contributed by atoms with E-state index < -0.39 is 11.6 Å². The molecule has 0 aliphatic carbocycles. The van der Waals surface area contributed by atoms with Crippen LogP contribution >= 0.6 is 0 Å². The molecular formula is C26H23F2N3O2. The molecule has 0 radical (unpaired) electrons. The lowest BCUT2D eigenvalue weighted by molar-refractivity contribution is 0.0949. The van der Waals surface area contributed by atoms with Gasteiger partial charge in [0.05, 0.1) is 5.52 Å². The third kappa shape index (κ3) is 4.62. The third-order valence-electron chi connectivity index (χ3n) is 5.66. The molecule has 2 amide bonds. The molecule has 0 atom stereocenters. The van der Waals surface area contributed by atoms with Crippen LogP contribution in [0.1, 0.15) is 32.0 Å². The average Bonchev–Trinajstić information content (AvgIpc) is 3.14. The number of aromatic nitrogens is 1. The van der Waals surface area contributed by atoms with Gasteiger partial charge in [-0.15, -0.1) is 0 Å². The van der Waals surface area contributed by atoms with Crippen LogP contribution in [0.25, 0.3) is 22.0 Å². The smallest absolute Gasteiger partial charge is 0.251 e. The van der Waals surface area contributed by atoms with E-state index in [9.17, 15) is 18.4 Å². The first-order chi connectivity index (χ1) is 15.9. The lowest BCUT2D eigenvalue weighted by atomic mass is 10.0. The van der Waals surface area contributed by atoms with Gasteiger partial charge in [0.2, 0.25) is 0 Å². The number of carbonyl (C=O) groups excluding carboxylic acids is 2. The van der Waals surface area contributed by atoms with Crippen molar-refractivity contribution in [3.8, 4) is 11.1 Å². The van der Waals surface area contributed by atoms with Crippen molar-refractivity contribution in [2.24, 2.45) is 0 Å². The summed E-state index contributed by atoms with van der Waals surface area (Å²) in [4.78, 5) is 27.2. The Morgan fingerprint density at radius 2 is 1.45 bits per heavy atom. The second-order valence-corrected chi connectivity index (χ2v) is 7.78. The van der Waals surface area contributed by atoms with Crippen LogP contribution in [0, 0.1) is 18.6 Å². The predicted octanol–water partition coefficient (Wildman–Crippen LogP) is 4.75. The predicted molar refractivity (Wildman–Crippen MR) is 124 cm³/mol. The van der Waals surface area contributed by atoms with E-state index in [0.717, 1.165) is 28.5 Å². The minimum atomic E-state index is -0.633. The first-order valence-electron chi connectivity index (χ1n) is 10.5. The van der Waals surface area contributed by atoms with E-state index >= 15 is 0 Å². The Balaban J connectivity index is 1.40. The Hall–Kier alpha value is -4.00. The van der Waals surface area contributed by atoms with Gasteiger partial charge in [0.15, 0.2) is 0 Å². The Morgan fingerprint density at radius 3 is 2.03 bits per heavy atom. The van der Waals surface area contributed by atoms with Crippen molar-refractivity contribution in [2.45, 2.75) is 13.3 Å². The first kappa shape index (κ1) is 22.2. The molecule has 0 saturated carbocycles. The minimum absolute atomic E-state index is 0.147. The van der Waals surface area contributed by atoms with Crippen molar-refractivity contribution in [3.63, 3.8) is 0 Å². The van der Waals surface area contributed by atoms with Crippen LogP contribution in [0.3, 0.4) is 0 Å². The van der Waals surface area contributed by atoms with Crippen molar-refractivity contribution < 1.29 is 18.4 Å². The topological polar surface area (TPSA) is 74.0 Å². The number of amides is 2. The quantitative estimate of drug-likeness (QED) is 0.399. The van der Waals surface area contributed by atoms with Crippen molar-refractivity contribution in [3.05, 3.63) is 94.7 Å². The van der Waals surface area contributed by atoms with Gasteiger partial charge in [0.25, 0.3) is 11.8 Å². The molecule has 1 heterocycles. The zero-order chi connectivity index (χ0) is 23.5. The molecule has 3 aromatic carbocycles. The van der Waals surface area contributed by atoms with Gasteiger partial charge >= 0.3 is 0 Å². The Bertz CT molecular complexity index is 1330. The number of H-pyrrole nitrogens is 1. The van der Waals surface area contributed by atoms with Crippen molar-refractivity contribution in [2.75, 3.05) is 13.6 Å². The highest BCUT2D eigenvalue weighted by Gasteiger charge is 2.14. The Kier molecular flexibility index (Phi) is 6.22. The maximum atomic E-state index is 14.0. The average molecular weight is 447 g/mol. The number of hydrogen-bond acceptors (Lipinski definition) is 2. The summed E-state index contributed by atoms with van der Waals surface area (Å²) < 4.78 is 27.6. The molecule has 5 nitrogen and oxygen atoms in total. The third-order valence-corrected chi connectivity index (χ3v) is 5.66. The molecule has 7 heteroatoms. The lowest BCUT2D eigenvalue weighted by Gasteiger charge is -2.08. The van der Waals surface area contributed by atoms with E-state index in [0.29, 0.717) is 29.5 Å². The molecule has 3 N–H and O–H groups in total. The highest BCUT2D eigenvalue weighted by Crippen LogP contribution is 2.26. The lowest BCUT2D eigenvalue weighted by Crippen LogP contribution is -2.25. The molecule has 0 bridgehead atoms. The number of hydrogen-bond donors (Lipinski definition) is 3. The van der Waals surface area contributed by atoms with Crippen LogP contribution in [0.2, 0.25) is 0 Å². The van der Waals surface area contributed by atoms with Crippen LogP contribution in [0.4, 0.5) is 8.78 Å². The summed E-state index contributed by atoms with van der Waals surface area (Å²) in [6, 6.07) is 16.5. The summed E-state index contributed by atoms with van der Waals surface area (Å²) in [6.45, 7) is 2.13. The van der Waals surface area contributed by atoms with Gasteiger partial charge in [-0.1, -0.05) is 24.3 Å². The van der Waals surface area contributed by atoms with Gasteiger partial charge in [-0.25, -0.2) is 8.78 Å². The molecule has 0 unspecified atom stereocenters. The van der Waals surface area contributed by atoms with Gasteiger partial charge in [0, 0.05) is 41.9 Å². The fraction of sp³-hybridized carbons (Fsp3) is 0.154. The number of carbonyl (C=O) groups is 2. The molecule has 0 spiro atoms. The highest BCUT2D eigenvalue weighted by molar-refractivity contribution is 5.95. The van der Waals surface area contributed by atoms with Crippen molar-refractivity contribution >= 4 is 22.7 Å². The van der Waals surface area contributed by atoms with E-state index in [4.69, 9.17) is 0 Å². The Labute approximate surface area is 189 Å². The molecule has 33 heavy (non-hydrogen) atoms. The van der Waals surface area contributed by atoms with E-state index in [1.807, 2.05) is 24.3 Å². The highest BCUT2D eigenvalue weighted by atomic mass is 19.1. The molecule has 4 aromatic rings. The summed E-state index contributed by atoms with van der Waals surface area (Å²) in [5, 5.41) is 5.94. The second-order valence-electron chi connectivity index (χ2n) is 7.78. The van der Waals surface area contributed by atoms with E-state index in [1.165, 1.54) is 6.07 Å². The minimum Gasteiger partial charge on any atom is -0.356 e. The number of benzene rings is 3. The molecule has 0 aliphatic rings. The van der Waals surface area contributed by atoms with Gasteiger partial charge in [-0.3, -0.25) is 9.59 Å². The summed E-state index contributed by atoms with van der Waals surface area (Å²) >= 11 is 0. The van der Waals surface area contributed by atoms with Crippen LogP contribution in [-0.4, -0.2) is 30.4 Å². The maximum absolute atomic E-state index is 14.0. The molecule has 168 valence electrons. The number of rotatable bonds is 6. The molecular weight excluding hydrogens is 424 g/mol. The van der Waals surface area contributed by atoms with E-state index in [1.54, 1.807) is 38.2 Å². The van der Waals surface area contributed by atoms with E-state index in [2.05, 4.69) is 15.6 Å². The summed E-state index contributed by atoms with van der Waals surface area (Å²) in [5.41, 5.74) is 4.74. The molecule has 0 saturated heterocycles. The number of fused-ring (bicyclic) bond motifs is 1. The van der Waals surface area contributed by atoms with Gasteiger partial charge in [-0.05, 0) is 60.4 Å². The first-order valence-corrected chi connectivity index (χ1v) is 10.5. The zero-order valence-corrected chi connectivity index (χ0v) is 18.3.